The van der Waals surface area contributed by atoms with E-state index in [9.17, 15) is 14.0 Å². The van der Waals surface area contributed by atoms with E-state index in [1.54, 1.807) is 12.1 Å². The molecule has 0 unspecified atom stereocenters. The van der Waals surface area contributed by atoms with Gasteiger partial charge in [-0.3, -0.25) is 4.79 Å². The second kappa shape index (κ2) is 7.29. The first-order valence-electron chi connectivity index (χ1n) is 8.79. The number of halogens is 1. The number of rotatable bonds is 5. The number of anilines is 1. The summed E-state index contributed by atoms with van der Waals surface area (Å²) in [5.74, 6) is 0.0655. The highest BCUT2D eigenvalue weighted by molar-refractivity contribution is 5.91. The molecule has 1 saturated heterocycles. The third-order valence-electron chi connectivity index (χ3n) is 4.59. The topological polar surface area (TPSA) is 70.7 Å². The zero-order valence-electron chi connectivity index (χ0n) is 14.4. The van der Waals surface area contributed by atoms with Gasteiger partial charge in [-0.1, -0.05) is 12.1 Å². The van der Waals surface area contributed by atoms with Crippen molar-refractivity contribution in [3.63, 3.8) is 0 Å². The number of nitrogens with one attached hydrogen (secondary N) is 2. The van der Waals surface area contributed by atoms with Crippen LogP contribution < -0.4 is 15.4 Å². The normalized spacial score (nSPS) is 19.2. The van der Waals surface area contributed by atoms with Gasteiger partial charge in [-0.25, -0.2) is 9.18 Å². The molecule has 0 atom stereocenters. The van der Waals surface area contributed by atoms with E-state index in [4.69, 9.17) is 4.74 Å². The smallest absolute Gasteiger partial charge is 0.321 e. The lowest BCUT2D eigenvalue weighted by atomic mass is 9.92. The van der Waals surface area contributed by atoms with Crippen molar-refractivity contribution in [3.05, 3.63) is 24.3 Å². The Kier molecular flexibility index (Phi) is 5.11. The summed E-state index contributed by atoms with van der Waals surface area (Å²) in [4.78, 5) is 26.0. The van der Waals surface area contributed by atoms with Crippen LogP contribution in [0, 0.1) is 0 Å². The number of likely N-dealkylation sites (tertiary alicyclic amines) is 1. The monoisotopic (exact) mass is 349 g/mol. The molecule has 3 rings (SSSR count). The zero-order chi connectivity index (χ0) is 17.9. The van der Waals surface area contributed by atoms with E-state index in [2.05, 4.69) is 10.6 Å². The van der Waals surface area contributed by atoms with E-state index >= 15 is 0 Å². The Morgan fingerprint density at radius 1 is 1.28 bits per heavy atom. The quantitative estimate of drug-likeness (QED) is 0.859. The summed E-state index contributed by atoms with van der Waals surface area (Å²) in [6.45, 7) is 2.78. The number of benzene rings is 1. The van der Waals surface area contributed by atoms with Crippen LogP contribution in [0.15, 0.2) is 24.3 Å². The fraction of sp³-hybridized carbons (Fsp3) is 0.556. The summed E-state index contributed by atoms with van der Waals surface area (Å²) in [5.41, 5.74) is -1.29. The fourth-order valence-electron chi connectivity index (χ4n) is 2.88. The minimum Gasteiger partial charge on any atom is -0.492 e. The first-order valence-corrected chi connectivity index (χ1v) is 8.79. The Balaban J connectivity index is 1.55. The van der Waals surface area contributed by atoms with E-state index in [-0.39, 0.29) is 38.0 Å². The van der Waals surface area contributed by atoms with Gasteiger partial charge < -0.3 is 20.3 Å². The van der Waals surface area contributed by atoms with Gasteiger partial charge in [0.2, 0.25) is 0 Å². The molecule has 1 heterocycles. The van der Waals surface area contributed by atoms with E-state index in [1.807, 2.05) is 19.1 Å². The van der Waals surface area contributed by atoms with Crippen molar-refractivity contribution in [1.82, 2.24) is 10.2 Å². The van der Waals surface area contributed by atoms with Gasteiger partial charge in [0, 0.05) is 32.0 Å². The SMILES string of the molecule is CCOc1ccccc1NC(=O)N1CCC(F)(C(=O)NC2CC2)CC1. The second-order valence-electron chi connectivity index (χ2n) is 6.56. The summed E-state index contributed by atoms with van der Waals surface area (Å²) < 4.78 is 20.3. The number of carbonyl (C=O) groups is 2. The summed E-state index contributed by atoms with van der Waals surface area (Å²) in [6.07, 6.45) is 1.89. The average molecular weight is 349 g/mol. The van der Waals surface area contributed by atoms with E-state index in [0.717, 1.165) is 12.8 Å². The molecule has 136 valence electrons. The number of hydrogen-bond acceptors (Lipinski definition) is 3. The van der Waals surface area contributed by atoms with Crippen molar-refractivity contribution in [2.24, 2.45) is 0 Å². The largest absolute Gasteiger partial charge is 0.492 e. The number of nitrogens with zero attached hydrogens (tertiary/aromatic N) is 1. The first-order chi connectivity index (χ1) is 12.0. The molecule has 1 aliphatic heterocycles. The molecule has 0 aromatic heterocycles. The molecule has 0 spiro atoms. The Hall–Kier alpha value is -2.31. The van der Waals surface area contributed by atoms with Crippen molar-refractivity contribution in [3.8, 4) is 5.75 Å². The lowest BCUT2D eigenvalue weighted by Crippen LogP contribution is -2.53. The Labute approximate surface area is 146 Å². The molecule has 1 aromatic carbocycles. The molecule has 0 bridgehead atoms. The summed E-state index contributed by atoms with van der Waals surface area (Å²) in [7, 11) is 0. The summed E-state index contributed by atoms with van der Waals surface area (Å²) >= 11 is 0. The van der Waals surface area contributed by atoms with Gasteiger partial charge in [0.15, 0.2) is 5.67 Å². The molecule has 3 amide bonds. The number of hydrogen-bond donors (Lipinski definition) is 2. The van der Waals surface area contributed by atoms with Crippen LogP contribution in [-0.2, 0) is 4.79 Å². The van der Waals surface area contributed by atoms with Crippen LogP contribution in [0.4, 0.5) is 14.9 Å². The Bertz CT molecular complexity index is 640. The van der Waals surface area contributed by atoms with Gasteiger partial charge >= 0.3 is 6.03 Å². The van der Waals surface area contributed by atoms with E-state index in [1.165, 1.54) is 4.90 Å². The molecule has 1 aromatic rings. The molecule has 2 aliphatic rings. The zero-order valence-corrected chi connectivity index (χ0v) is 14.4. The average Bonchev–Trinajstić information content (AvgIpc) is 3.41. The number of amides is 3. The molecule has 2 N–H and O–H groups in total. The van der Waals surface area contributed by atoms with Gasteiger partial charge in [-0.05, 0) is 31.9 Å². The predicted molar refractivity (Wildman–Crippen MR) is 92.4 cm³/mol. The van der Waals surface area contributed by atoms with Crippen molar-refractivity contribution < 1.29 is 18.7 Å². The molecule has 25 heavy (non-hydrogen) atoms. The number of alkyl halides is 1. The molecule has 7 heteroatoms. The fourth-order valence-corrected chi connectivity index (χ4v) is 2.88. The van der Waals surface area contributed by atoms with E-state index < -0.39 is 11.6 Å². The standard InChI is InChI=1S/C18H24FN3O3/c1-2-25-15-6-4-3-5-14(15)21-17(24)22-11-9-18(19,10-12-22)16(23)20-13-7-8-13/h3-6,13H,2,7-12H2,1H3,(H,20,23)(H,21,24). The van der Waals surface area contributed by atoms with Gasteiger partial charge in [-0.2, -0.15) is 0 Å². The number of ether oxygens (including phenoxy) is 1. The molecule has 1 aliphatic carbocycles. The van der Waals surface area contributed by atoms with Crippen molar-refractivity contribution in [1.29, 1.82) is 0 Å². The molecule has 2 fully saturated rings. The van der Waals surface area contributed by atoms with Crippen LogP contribution >= 0.6 is 0 Å². The molecular weight excluding hydrogens is 325 g/mol. The van der Waals surface area contributed by atoms with Crippen molar-refractivity contribution in [2.75, 3.05) is 25.0 Å². The number of urea groups is 1. The van der Waals surface area contributed by atoms with Gasteiger partial charge in [-0.15, -0.1) is 0 Å². The molecule has 1 saturated carbocycles. The maximum absolute atomic E-state index is 14.8. The maximum Gasteiger partial charge on any atom is 0.321 e. The van der Waals surface area contributed by atoms with Crippen LogP contribution in [0.3, 0.4) is 0 Å². The van der Waals surface area contributed by atoms with Crippen LogP contribution in [0.2, 0.25) is 0 Å². The molecule has 6 nitrogen and oxygen atoms in total. The van der Waals surface area contributed by atoms with Gasteiger partial charge in [0.05, 0.1) is 12.3 Å². The number of para-hydroxylation sites is 2. The highest BCUT2D eigenvalue weighted by atomic mass is 19.1. The number of carbonyl (C=O) groups excluding carboxylic acids is 2. The van der Waals surface area contributed by atoms with Gasteiger partial charge in [0.1, 0.15) is 5.75 Å². The first kappa shape index (κ1) is 17.5. The lowest BCUT2D eigenvalue weighted by molar-refractivity contribution is -0.135. The Morgan fingerprint density at radius 3 is 2.60 bits per heavy atom. The third-order valence-corrected chi connectivity index (χ3v) is 4.59. The highest BCUT2D eigenvalue weighted by Crippen LogP contribution is 2.30. The number of piperidine rings is 1. The lowest BCUT2D eigenvalue weighted by Gasteiger charge is -2.35. The van der Waals surface area contributed by atoms with Crippen LogP contribution in [0.5, 0.6) is 5.75 Å². The van der Waals surface area contributed by atoms with Crippen LogP contribution in [0.25, 0.3) is 0 Å². The predicted octanol–water partition coefficient (Wildman–Crippen LogP) is 2.70. The van der Waals surface area contributed by atoms with Crippen molar-refractivity contribution in [2.45, 2.75) is 44.3 Å². The van der Waals surface area contributed by atoms with Crippen LogP contribution in [-0.4, -0.2) is 48.2 Å². The van der Waals surface area contributed by atoms with Crippen LogP contribution in [0.1, 0.15) is 32.6 Å². The summed E-state index contributed by atoms with van der Waals surface area (Å²) in [6, 6.07) is 7.01. The minimum absolute atomic E-state index is 0.0199. The maximum atomic E-state index is 14.8. The molecule has 0 radical (unpaired) electrons. The van der Waals surface area contributed by atoms with Gasteiger partial charge in [0.25, 0.3) is 5.91 Å². The van der Waals surface area contributed by atoms with Crippen molar-refractivity contribution >= 4 is 17.6 Å². The molecular formula is C18H24FN3O3. The third kappa shape index (κ3) is 4.21. The highest BCUT2D eigenvalue weighted by Gasteiger charge is 2.44. The second-order valence-corrected chi connectivity index (χ2v) is 6.56. The minimum atomic E-state index is -1.87. The van der Waals surface area contributed by atoms with E-state index in [0.29, 0.717) is 18.0 Å². The summed E-state index contributed by atoms with van der Waals surface area (Å²) in [5, 5.41) is 5.52. The Morgan fingerprint density at radius 2 is 1.96 bits per heavy atom.